The molecule has 2 fully saturated rings. The third-order valence-electron chi connectivity index (χ3n) is 4.12. The largest absolute Gasteiger partial charge is 0.457 e. The number of carbonyl (C=O) groups excluding carboxylic acids is 2. The summed E-state index contributed by atoms with van der Waals surface area (Å²) >= 11 is 0. The fraction of sp³-hybridized carbons (Fsp3) is 0.714. The molecule has 2 aliphatic carbocycles. The summed E-state index contributed by atoms with van der Waals surface area (Å²) in [7, 11) is 0. The first-order valence-electron chi connectivity index (χ1n) is 6.45. The minimum absolute atomic E-state index is 0.286. The number of esters is 2. The van der Waals surface area contributed by atoms with Gasteiger partial charge in [-0.15, -0.1) is 0 Å². The molecule has 2 bridgehead atoms. The number of hydrogen-bond acceptors (Lipinski definition) is 4. The van der Waals surface area contributed by atoms with Crippen molar-refractivity contribution in [1.82, 2.24) is 0 Å². The van der Waals surface area contributed by atoms with E-state index in [0.29, 0.717) is 11.8 Å². The van der Waals surface area contributed by atoms with Crippen LogP contribution in [-0.4, -0.2) is 24.1 Å². The fourth-order valence-electron chi connectivity index (χ4n) is 3.22. The second-order valence-corrected chi connectivity index (χ2v) is 5.72. The van der Waals surface area contributed by atoms with E-state index in [-0.39, 0.29) is 17.8 Å². The molecule has 2 rings (SSSR count). The number of rotatable bonds is 4. The highest BCUT2D eigenvalue weighted by molar-refractivity contribution is 5.88. The summed E-state index contributed by atoms with van der Waals surface area (Å²) in [4.78, 5) is 22.8. The molecule has 0 radical (unpaired) electrons. The summed E-state index contributed by atoms with van der Waals surface area (Å²) in [6.07, 6.45) is 4.50. The Kier molecular flexibility index (Phi) is 3.46. The Morgan fingerprint density at radius 3 is 2.61 bits per heavy atom. The van der Waals surface area contributed by atoms with Crippen LogP contribution in [-0.2, 0) is 19.1 Å². The van der Waals surface area contributed by atoms with Gasteiger partial charge in [-0.05, 0) is 51.4 Å². The molecule has 2 saturated carbocycles. The van der Waals surface area contributed by atoms with Gasteiger partial charge in [0, 0.05) is 5.57 Å². The van der Waals surface area contributed by atoms with Gasteiger partial charge < -0.3 is 9.47 Å². The van der Waals surface area contributed by atoms with Gasteiger partial charge in [0.15, 0.2) is 6.61 Å². The standard InChI is InChI=1S/C14H20O4/c1-9(2)13(16)17-8-12(15)18-14(3)7-10-4-5-11(14)6-10/h10-11H,1,4-8H2,2-3H3. The van der Waals surface area contributed by atoms with E-state index in [0.717, 1.165) is 19.3 Å². The van der Waals surface area contributed by atoms with Crippen LogP contribution in [0.5, 0.6) is 0 Å². The summed E-state index contributed by atoms with van der Waals surface area (Å²) in [5, 5.41) is 0. The molecule has 0 N–H and O–H groups in total. The van der Waals surface area contributed by atoms with Crippen molar-refractivity contribution in [1.29, 1.82) is 0 Å². The number of ether oxygens (including phenoxy) is 2. The van der Waals surface area contributed by atoms with Crippen LogP contribution in [0.1, 0.15) is 39.5 Å². The molecule has 0 saturated heterocycles. The average molecular weight is 252 g/mol. The van der Waals surface area contributed by atoms with Crippen molar-refractivity contribution in [2.75, 3.05) is 6.61 Å². The minimum atomic E-state index is -0.551. The highest BCUT2D eigenvalue weighted by Crippen LogP contribution is 2.52. The van der Waals surface area contributed by atoms with Crippen molar-refractivity contribution >= 4 is 11.9 Å². The molecule has 3 atom stereocenters. The molecule has 0 amide bonds. The van der Waals surface area contributed by atoms with Gasteiger partial charge in [-0.3, -0.25) is 0 Å². The van der Waals surface area contributed by atoms with E-state index in [9.17, 15) is 9.59 Å². The molecule has 0 aromatic carbocycles. The van der Waals surface area contributed by atoms with Gasteiger partial charge >= 0.3 is 11.9 Å². The fourth-order valence-corrected chi connectivity index (χ4v) is 3.22. The topological polar surface area (TPSA) is 52.6 Å². The van der Waals surface area contributed by atoms with Crippen LogP contribution < -0.4 is 0 Å². The summed E-state index contributed by atoms with van der Waals surface area (Å²) in [6, 6.07) is 0. The van der Waals surface area contributed by atoms with Gasteiger partial charge in [-0.25, -0.2) is 9.59 Å². The molecular formula is C14H20O4. The van der Waals surface area contributed by atoms with Crippen LogP contribution in [0.2, 0.25) is 0 Å². The third-order valence-corrected chi connectivity index (χ3v) is 4.12. The Morgan fingerprint density at radius 2 is 2.11 bits per heavy atom. The minimum Gasteiger partial charge on any atom is -0.457 e. The zero-order valence-electron chi connectivity index (χ0n) is 11.0. The van der Waals surface area contributed by atoms with Crippen LogP contribution in [0.4, 0.5) is 0 Å². The summed E-state index contributed by atoms with van der Waals surface area (Å²) in [6.45, 7) is 6.68. The van der Waals surface area contributed by atoms with Crippen molar-refractivity contribution < 1.29 is 19.1 Å². The van der Waals surface area contributed by atoms with E-state index in [4.69, 9.17) is 9.47 Å². The molecule has 0 aromatic heterocycles. The Bertz CT molecular complexity index is 387. The Morgan fingerprint density at radius 1 is 1.39 bits per heavy atom. The molecule has 0 aliphatic heterocycles. The first-order chi connectivity index (χ1) is 8.40. The van der Waals surface area contributed by atoms with Crippen molar-refractivity contribution in [3.8, 4) is 0 Å². The van der Waals surface area contributed by atoms with Gasteiger partial charge in [0.05, 0.1) is 0 Å². The van der Waals surface area contributed by atoms with E-state index in [2.05, 4.69) is 6.58 Å². The van der Waals surface area contributed by atoms with E-state index >= 15 is 0 Å². The second kappa shape index (κ2) is 4.75. The lowest BCUT2D eigenvalue weighted by atomic mass is 9.86. The Hall–Kier alpha value is -1.32. The second-order valence-electron chi connectivity index (χ2n) is 5.72. The maximum absolute atomic E-state index is 11.7. The Balaban J connectivity index is 1.81. The summed E-state index contributed by atoms with van der Waals surface area (Å²) in [5.74, 6) is 0.166. The lowest BCUT2D eigenvalue weighted by Gasteiger charge is -2.33. The maximum atomic E-state index is 11.7. The molecule has 100 valence electrons. The van der Waals surface area contributed by atoms with E-state index in [1.54, 1.807) is 6.92 Å². The maximum Gasteiger partial charge on any atom is 0.344 e. The lowest BCUT2D eigenvalue weighted by molar-refractivity contribution is -0.171. The van der Waals surface area contributed by atoms with Crippen molar-refractivity contribution in [2.24, 2.45) is 11.8 Å². The van der Waals surface area contributed by atoms with E-state index < -0.39 is 11.9 Å². The quantitative estimate of drug-likeness (QED) is 0.568. The molecule has 0 aromatic rings. The average Bonchev–Trinajstić information content (AvgIpc) is 2.84. The van der Waals surface area contributed by atoms with Gasteiger partial charge in [0.1, 0.15) is 5.60 Å². The van der Waals surface area contributed by atoms with Crippen LogP contribution in [0.25, 0.3) is 0 Å². The zero-order valence-corrected chi connectivity index (χ0v) is 11.0. The summed E-state index contributed by atoms with van der Waals surface area (Å²) < 4.78 is 10.3. The molecule has 4 nitrogen and oxygen atoms in total. The first kappa shape index (κ1) is 13.1. The zero-order chi connectivity index (χ0) is 13.3. The molecule has 2 aliphatic rings. The molecule has 18 heavy (non-hydrogen) atoms. The van der Waals surface area contributed by atoms with Gasteiger partial charge in [0.25, 0.3) is 0 Å². The van der Waals surface area contributed by atoms with Gasteiger partial charge in [-0.1, -0.05) is 6.58 Å². The van der Waals surface area contributed by atoms with Crippen molar-refractivity contribution in [2.45, 2.75) is 45.1 Å². The number of hydrogen-bond donors (Lipinski definition) is 0. The SMILES string of the molecule is C=C(C)C(=O)OCC(=O)OC1(C)CC2CCC1C2. The van der Waals surface area contributed by atoms with Gasteiger partial charge in [0.2, 0.25) is 0 Å². The predicted octanol–water partition coefficient (Wildman–Crippen LogP) is 2.23. The van der Waals surface area contributed by atoms with Crippen LogP contribution in [0.15, 0.2) is 12.2 Å². The normalized spacial score (nSPS) is 33.2. The van der Waals surface area contributed by atoms with Crippen LogP contribution >= 0.6 is 0 Å². The third kappa shape index (κ3) is 2.57. The molecular weight excluding hydrogens is 232 g/mol. The highest BCUT2D eigenvalue weighted by atomic mass is 16.6. The van der Waals surface area contributed by atoms with E-state index in [1.807, 2.05) is 6.92 Å². The lowest BCUT2D eigenvalue weighted by Crippen LogP contribution is -2.38. The van der Waals surface area contributed by atoms with Crippen molar-refractivity contribution in [3.63, 3.8) is 0 Å². The Labute approximate surface area is 107 Å². The summed E-state index contributed by atoms with van der Waals surface area (Å²) in [5.41, 5.74) is -0.0655. The van der Waals surface area contributed by atoms with E-state index in [1.165, 1.54) is 6.42 Å². The monoisotopic (exact) mass is 252 g/mol. The van der Waals surface area contributed by atoms with Crippen molar-refractivity contribution in [3.05, 3.63) is 12.2 Å². The molecule has 3 unspecified atom stereocenters. The van der Waals surface area contributed by atoms with Gasteiger partial charge in [-0.2, -0.15) is 0 Å². The predicted molar refractivity (Wildman–Crippen MR) is 65.7 cm³/mol. The highest BCUT2D eigenvalue weighted by Gasteiger charge is 2.50. The van der Waals surface area contributed by atoms with Crippen LogP contribution in [0.3, 0.4) is 0 Å². The number of carbonyl (C=O) groups is 2. The molecule has 4 heteroatoms. The van der Waals surface area contributed by atoms with Crippen LogP contribution in [0, 0.1) is 11.8 Å². The first-order valence-corrected chi connectivity index (χ1v) is 6.45. The molecule has 0 heterocycles. The molecule has 0 spiro atoms. The number of fused-ring (bicyclic) bond motifs is 2. The smallest absolute Gasteiger partial charge is 0.344 e.